The fraction of sp³-hybridized carbons (Fsp3) is 0.143. The highest BCUT2D eigenvalue weighted by atomic mass is 79.9. The number of aldehydes is 1. The average Bonchev–Trinajstić information content (AvgIpc) is 2.39. The Morgan fingerprint density at radius 1 is 1.32 bits per heavy atom. The molecule has 0 bridgehead atoms. The lowest BCUT2D eigenvalue weighted by Crippen LogP contribution is -2.01. The van der Waals surface area contributed by atoms with Gasteiger partial charge < -0.3 is 4.74 Å². The van der Waals surface area contributed by atoms with Gasteiger partial charge in [0.1, 0.15) is 18.6 Å². The number of aromatic nitrogens is 1. The van der Waals surface area contributed by atoms with Crippen LogP contribution in [0.2, 0.25) is 0 Å². The molecule has 0 fully saturated rings. The molecule has 1 aromatic heterocycles. The first-order valence-electron chi connectivity index (χ1n) is 5.59. The van der Waals surface area contributed by atoms with Crippen molar-refractivity contribution in [3.8, 4) is 5.75 Å². The van der Waals surface area contributed by atoms with Crippen molar-refractivity contribution in [2.75, 3.05) is 0 Å². The van der Waals surface area contributed by atoms with Gasteiger partial charge in [-0.15, -0.1) is 0 Å². The van der Waals surface area contributed by atoms with E-state index in [-0.39, 0.29) is 0 Å². The molecule has 0 aliphatic heterocycles. The van der Waals surface area contributed by atoms with E-state index in [1.54, 1.807) is 18.3 Å². The Labute approximate surface area is 128 Å². The number of rotatable bonds is 4. The molecule has 2 rings (SSSR count). The fourth-order valence-corrected chi connectivity index (χ4v) is 3.05. The third kappa shape index (κ3) is 3.42. The van der Waals surface area contributed by atoms with Crippen LogP contribution in [-0.2, 0) is 6.61 Å². The number of halogens is 2. The number of hydrogen-bond acceptors (Lipinski definition) is 3. The second kappa shape index (κ2) is 6.30. The maximum absolute atomic E-state index is 10.8. The summed E-state index contributed by atoms with van der Waals surface area (Å²) >= 11 is 6.79. The van der Waals surface area contributed by atoms with Gasteiger partial charge in [0.15, 0.2) is 0 Å². The van der Waals surface area contributed by atoms with Crippen molar-refractivity contribution in [3.63, 3.8) is 0 Å². The van der Waals surface area contributed by atoms with Crippen molar-refractivity contribution in [1.29, 1.82) is 0 Å². The summed E-state index contributed by atoms with van der Waals surface area (Å²) in [6.45, 7) is 2.37. The van der Waals surface area contributed by atoms with Crippen molar-refractivity contribution in [1.82, 2.24) is 4.98 Å². The molecule has 0 radical (unpaired) electrons. The minimum Gasteiger partial charge on any atom is -0.485 e. The van der Waals surface area contributed by atoms with E-state index >= 15 is 0 Å². The van der Waals surface area contributed by atoms with Crippen LogP contribution >= 0.6 is 31.9 Å². The second-order valence-electron chi connectivity index (χ2n) is 3.99. The average molecular weight is 385 g/mol. The molecule has 0 amide bonds. The number of ether oxygens (including phenoxy) is 1. The Morgan fingerprint density at radius 2 is 2.00 bits per heavy atom. The Kier molecular flexibility index (Phi) is 4.71. The number of hydrogen-bond donors (Lipinski definition) is 0. The Hall–Kier alpha value is -1.20. The molecule has 98 valence electrons. The molecule has 0 atom stereocenters. The molecule has 2 aromatic rings. The summed E-state index contributed by atoms with van der Waals surface area (Å²) in [6.07, 6.45) is 2.54. The van der Waals surface area contributed by atoms with Crippen LogP contribution in [0, 0.1) is 6.92 Å². The van der Waals surface area contributed by atoms with Gasteiger partial charge in [-0.05, 0) is 62.5 Å². The Morgan fingerprint density at radius 3 is 2.58 bits per heavy atom. The van der Waals surface area contributed by atoms with Crippen LogP contribution in [0.1, 0.15) is 21.6 Å². The van der Waals surface area contributed by atoms with Crippen LogP contribution in [0.4, 0.5) is 0 Å². The number of carbonyl (C=O) groups is 1. The van der Waals surface area contributed by atoms with Gasteiger partial charge >= 0.3 is 0 Å². The molecule has 0 unspecified atom stereocenters. The first kappa shape index (κ1) is 14.2. The zero-order valence-corrected chi connectivity index (χ0v) is 13.4. The first-order valence-corrected chi connectivity index (χ1v) is 7.18. The molecular formula is C14H11Br2NO2. The third-order valence-corrected chi connectivity index (χ3v) is 3.81. The first-order chi connectivity index (χ1) is 9.11. The van der Waals surface area contributed by atoms with Crippen LogP contribution in [0.5, 0.6) is 5.75 Å². The third-order valence-electron chi connectivity index (χ3n) is 2.63. The predicted molar refractivity (Wildman–Crippen MR) is 80.5 cm³/mol. The molecule has 0 saturated carbocycles. The molecule has 3 nitrogen and oxygen atoms in total. The molecule has 0 aliphatic carbocycles. The molecule has 1 heterocycles. The summed E-state index contributed by atoms with van der Waals surface area (Å²) in [7, 11) is 0. The molecule has 0 N–H and O–H groups in total. The smallest absolute Gasteiger partial charge is 0.150 e. The molecule has 5 heteroatoms. The van der Waals surface area contributed by atoms with Crippen LogP contribution in [-0.4, -0.2) is 11.3 Å². The monoisotopic (exact) mass is 383 g/mol. The molecular weight excluding hydrogens is 374 g/mol. The highest BCUT2D eigenvalue weighted by Crippen LogP contribution is 2.34. The van der Waals surface area contributed by atoms with E-state index in [0.717, 1.165) is 26.5 Å². The van der Waals surface area contributed by atoms with E-state index in [4.69, 9.17) is 4.74 Å². The summed E-state index contributed by atoms with van der Waals surface area (Å²) < 4.78 is 7.23. The van der Waals surface area contributed by atoms with Crippen LogP contribution in [0.3, 0.4) is 0 Å². The molecule has 0 saturated heterocycles. The van der Waals surface area contributed by atoms with Gasteiger partial charge in [-0.1, -0.05) is 6.07 Å². The number of benzene rings is 1. The van der Waals surface area contributed by atoms with Gasteiger partial charge in [0, 0.05) is 11.8 Å². The van der Waals surface area contributed by atoms with Gasteiger partial charge in [0.05, 0.1) is 14.6 Å². The Bertz CT molecular complexity index is 591. The maximum atomic E-state index is 10.8. The summed E-state index contributed by atoms with van der Waals surface area (Å²) in [5.41, 5.74) is 2.56. The van der Waals surface area contributed by atoms with Crippen molar-refractivity contribution in [2.45, 2.75) is 13.5 Å². The lowest BCUT2D eigenvalue weighted by molar-refractivity contribution is 0.112. The van der Waals surface area contributed by atoms with Gasteiger partial charge in [0.2, 0.25) is 0 Å². The van der Waals surface area contributed by atoms with E-state index in [9.17, 15) is 4.79 Å². The van der Waals surface area contributed by atoms with Gasteiger partial charge in [-0.3, -0.25) is 9.78 Å². The van der Waals surface area contributed by atoms with Crippen LogP contribution in [0.25, 0.3) is 0 Å². The van der Waals surface area contributed by atoms with Crippen LogP contribution in [0.15, 0.2) is 39.4 Å². The van der Waals surface area contributed by atoms with E-state index in [2.05, 4.69) is 36.8 Å². The number of aryl methyl sites for hydroxylation is 1. The standard InChI is InChI=1S/C14H11Br2NO2/c1-9-3-2-4-17-13(9)8-19-14-11(15)5-10(7-18)6-12(14)16/h2-7H,8H2,1H3. The normalized spacial score (nSPS) is 10.3. The van der Waals surface area contributed by atoms with E-state index in [1.165, 1.54) is 0 Å². The Balaban J connectivity index is 2.21. The van der Waals surface area contributed by atoms with Crippen molar-refractivity contribution in [2.24, 2.45) is 0 Å². The highest BCUT2D eigenvalue weighted by molar-refractivity contribution is 9.11. The number of pyridine rings is 1. The molecule has 0 aliphatic rings. The second-order valence-corrected chi connectivity index (χ2v) is 5.70. The lowest BCUT2D eigenvalue weighted by atomic mass is 10.2. The predicted octanol–water partition coefficient (Wildman–Crippen LogP) is 4.31. The summed E-state index contributed by atoms with van der Waals surface area (Å²) in [6, 6.07) is 7.32. The maximum Gasteiger partial charge on any atom is 0.150 e. The zero-order valence-electron chi connectivity index (χ0n) is 10.2. The minimum absolute atomic E-state index is 0.379. The number of nitrogens with zero attached hydrogens (tertiary/aromatic N) is 1. The van der Waals surface area contributed by atoms with Crippen molar-refractivity contribution >= 4 is 38.1 Å². The van der Waals surface area contributed by atoms with Crippen molar-refractivity contribution < 1.29 is 9.53 Å². The van der Waals surface area contributed by atoms with E-state index in [0.29, 0.717) is 17.9 Å². The largest absolute Gasteiger partial charge is 0.485 e. The topological polar surface area (TPSA) is 39.2 Å². The zero-order chi connectivity index (χ0) is 13.8. The minimum atomic E-state index is 0.379. The van der Waals surface area contributed by atoms with Gasteiger partial charge in [-0.25, -0.2) is 0 Å². The number of carbonyl (C=O) groups excluding carboxylic acids is 1. The van der Waals surface area contributed by atoms with E-state index in [1.807, 2.05) is 19.1 Å². The van der Waals surface area contributed by atoms with Gasteiger partial charge in [-0.2, -0.15) is 0 Å². The van der Waals surface area contributed by atoms with Crippen molar-refractivity contribution in [3.05, 3.63) is 56.2 Å². The molecule has 19 heavy (non-hydrogen) atoms. The lowest BCUT2D eigenvalue weighted by Gasteiger charge is -2.11. The SMILES string of the molecule is Cc1cccnc1COc1c(Br)cc(C=O)cc1Br. The fourth-order valence-electron chi connectivity index (χ4n) is 1.60. The quantitative estimate of drug-likeness (QED) is 0.737. The van der Waals surface area contributed by atoms with Crippen LogP contribution < -0.4 is 4.74 Å². The molecule has 1 aromatic carbocycles. The molecule has 0 spiro atoms. The summed E-state index contributed by atoms with van der Waals surface area (Å²) in [4.78, 5) is 15.0. The summed E-state index contributed by atoms with van der Waals surface area (Å²) in [5, 5.41) is 0. The summed E-state index contributed by atoms with van der Waals surface area (Å²) in [5.74, 6) is 0.663. The van der Waals surface area contributed by atoms with Gasteiger partial charge in [0.25, 0.3) is 0 Å². The highest BCUT2D eigenvalue weighted by Gasteiger charge is 2.10. The van der Waals surface area contributed by atoms with E-state index < -0.39 is 0 Å².